The molecule has 0 saturated carbocycles. The highest BCUT2D eigenvalue weighted by molar-refractivity contribution is 5.97. The second kappa shape index (κ2) is 7.49. The lowest BCUT2D eigenvalue weighted by Crippen LogP contribution is -2.43. The summed E-state index contributed by atoms with van der Waals surface area (Å²) < 4.78 is 5.32. The molecule has 1 aromatic carbocycles. The predicted octanol–water partition coefficient (Wildman–Crippen LogP) is 1.82. The maximum absolute atomic E-state index is 12.3. The Hall–Kier alpha value is -3.35. The third-order valence-corrected chi connectivity index (χ3v) is 4.52. The number of aromatic nitrogens is 1. The Kier molecular flexibility index (Phi) is 5.12. The molecule has 2 aromatic heterocycles. The van der Waals surface area contributed by atoms with Crippen LogP contribution < -0.4 is 16.7 Å². The summed E-state index contributed by atoms with van der Waals surface area (Å²) in [4.78, 5) is 38.8. The van der Waals surface area contributed by atoms with E-state index in [0.29, 0.717) is 24.2 Å². The van der Waals surface area contributed by atoms with Crippen LogP contribution in [0, 0.1) is 6.92 Å². The highest BCUT2D eigenvalue weighted by Crippen LogP contribution is 2.19. The minimum atomic E-state index is -0.877. The first-order valence-corrected chi connectivity index (χ1v) is 8.65. The van der Waals surface area contributed by atoms with Gasteiger partial charge in [-0.1, -0.05) is 18.2 Å². The van der Waals surface area contributed by atoms with Crippen LogP contribution in [0.1, 0.15) is 34.2 Å². The molecule has 0 bridgehead atoms. The zero-order valence-corrected chi connectivity index (χ0v) is 15.2. The van der Waals surface area contributed by atoms with Crippen LogP contribution in [0.5, 0.6) is 0 Å². The molecule has 0 fully saturated rings. The topological polar surface area (TPSA) is 118 Å². The van der Waals surface area contributed by atoms with E-state index in [1.165, 1.54) is 6.92 Å². The first-order chi connectivity index (χ1) is 12.9. The fourth-order valence-electron chi connectivity index (χ4n) is 3.01. The maximum atomic E-state index is 12.3. The van der Waals surface area contributed by atoms with Gasteiger partial charge in [0.2, 0.25) is 5.91 Å². The number of carbonyl (C=O) groups excluding carboxylic acids is 2. The van der Waals surface area contributed by atoms with Gasteiger partial charge in [0.15, 0.2) is 0 Å². The van der Waals surface area contributed by atoms with Crippen LogP contribution in [0.15, 0.2) is 45.7 Å². The first-order valence-electron chi connectivity index (χ1n) is 8.65. The summed E-state index contributed by atoms with van der Waals surface area (Å²) in [6.45, 7) is 3.11. The average molecular weight is 367 g/mol. The molecular weight excluding hydrogens is 346 g/mol. The van der Waals surface area contributed by atoms with Crippen LogP contribution in [0.3, 0.4) is 0 Å². The van der Waals surface area contributed by atoms with Gasteiger partial charge in [0.05, 0.1) is 0 Å². The molecule has 7 nitrogen and oxygen atoms in total. The molecule has 0 aliphatic rings. The lowest BCUT2D eigenvalue weighted by Gasteiger charge is -2.11. The molecule has 1 atom stereocenters. The van der Waals surface area contributed by atoms with E-state index in [-0.39, 0.29) is 5.56 Å². The normalized spacial score (nSPS) is 12.1. The molecule has 0 aliphatic heterocycles. The van der Waals surface area contributed by atoms with E-state index in [1.807, 2.05) is 30.5 Å². The maximum Gasteiger partial charge on any atom is 0.349 e. The zero-order chi connectivity index (χ0) is 19.6. The third-order valence-electron chi connectivity index (χ3n) is 4.52. The summed E-state index contributed by atoms with van der Waals surface area (Å²) in [6.07, 6.45) is 3.16. The van der Waals surface area contributed by atoms with E-state index in [1.54, 1.807) is 13.0 Å². The molecule has 0 spiro atoms. The van der Waals surface area contributed by atoms with E-state index in [2.05, 4.69) is 10.3 Å². The van der Waals surface area contributed by atoms with Gasteiger partial charge in [-0.25, -0.2) is 4.79 Å². The molecule has 140 valence electrons. The van der Waals surface area contributed by atoms with Crippen molar-refractivity contribution in [1.82, 2.24) is 10.3 Å². The van der Waals surface area contributed by atoms with Crippen LogP contribution in [0.4, 0.5) is 0 Å². The Labute approximate surface area is 155 Å². The Balaban J connectivity index is 1.77. The number of primary amides is 1. The zero-order valence-electron chi connectivity index (χ0n) is 15.2. The smallest absolute Gasteiger partial charge is 0.349 e. The lowest BCUT2D eigenvalue weighted by atomic mass is 10.1. The minimum absolute atomic E-state index is 0.112. The van der Waals surface area contributed by atoms with Gasteiger partial charge in [-0.15, -0.1) is 0 Å². The number of para-hydroxylation sites is 1. The number of rotatable bonds is 6. The van der Waals surface area contributed by atoms with Crippen LogP contribution in [-0.2, 0) is 17.6 Å². The van der Waals surface area contributed by atoms with Crippen LogP contribution >= 0.6 is 0 Å². The van der Waals surface area contributed by atoms with Crippen molar-refractivity contribution in [3.8, 4) is 0 Å². The SMILES string of the molecule is Cc1cc(CCc2c[nH]c3ccccc23)oc(=O)c1C(=O)N[C@@H](C)C(N)=O. The number of hydrogen-bond acceptors (Lipinski definition) is 4. The highest BCUT2D eigenvalue weighted by atomic mass is 16.4. The predicted molar refractivity (Wildman–Crippen MR) is 102 cm³/mol. The van der Waals surface area contributed by atoms with Crippen molar-refractivity contribution >= 4 is 22.7 Å². The van der Waals surface area contributed by atoms with Crippen molar-refractivity contribution < 1.29 is 14.0 Å². The summed E-state index contributed by atoms with van der Waals surface area (Å²) in [6, 6.07) is 8.79. The van der Waals surface area contributed by atoms with Crippen LogP contribution in [0.2, 0.25) is 0 Å². The molecule has 2 amide bonds. The van der Waals surface area contributed by atoms with Crippen molar-refractivity contribution in [2.24, 2.45) is 5.73 Å². The summed E-state index contributed by atoms with van der Waals surface area (Å²) in [5, 5.41) is 3.53. The number of hydrogen-bond donors (Lipinski definition) is 3. The van der Waals surface area contributed by atoms with E-state index >= 15 is 0 Å². The quantitative estimate of drug-likeness (QED) is 0.616. The molecule has 4 N–H and O–H groups in total. The summed E-state index contributed by atoms with van der Waals surface area (Å²) >= 11 is 0. The number of fused-ring (bicyclic) bond motifs is 1. The number of benzene rings is 1. The molecule has 0 aliphatic carbocycles. The minimum Gasteiger partial charge on any atom is -0.427 e. The Bertz CT molecular complexity index is 1060. The lowest BCUT2D eigenvalue weighted by molar-refractivity contribution is -0.119. The largest absolute Gasteiger partial charge is 0.427 e. The van der Waals surface area contributed by atoms with Gasteiger partial charge < -0.3 is 20.5 Å². The fourth-order valence-corrected chi connectivity index (χ4v) is 3.01. The second-order valence-corrected chi connectivity index (χ2v) is 6.52. The van der Waals surface area contributed by atoms with E-state index in [0.717, 1.165) is 16.5 Å². The van der Waals surface area contributed by atoms with Gasteiger partial charge in [0.1, 0.15) is 17.4 Å². The molecule has 2 heterocycles. The van der Waals surface area contributed by atoms with Crippen molar-refractivity contribution in [1.29, 1.82) is 0 Å². The van der Waals surface area contributed by atoms with Crippen molar-refractivity contribution in [3.05, 3.63) is 69.4 Å². The number of carbonyl (C=O) groups is 2. The molecule has 7 heteroatoms. The number of nitrogens with two attached hydrogens (primary N) is 1. The second-order valence-electron chi connectivity index (χ2n) is 6.52. The summed E-state index contributed by atoms with van der Waals surface area (Å²) in [7, 11) is 0. The molecule has 27 heavy (non-hydrogen) atoms. The molecular formula is C20H21N3O4. The van der Waals surface area contributed by atoms with E-state index in [9.17, 15) is 14.4 Å². The van der Waals surface area contributed by atoms with Gasteiger partial charge in [-0.05, 0) is 43.5 Å². The number of nitrogens with one attached hydrogen (secondary N) is 2. The molecule has 0 saturated heterocycles. The van der Waals surface area contributed by atoms with Gasteiger partial charge in [-0.3, -0.25) is 9.59 Å². The Morgan fingerprint density at radius 3 is 2.70 bits per heavy atom. The first kappa shape index (κ1) is 18.4. The summed E-state index contributed by atoms with van der Waals surface area (Å²) in [5.41, 5.74) is 6.97. The van der Waals surface area contributed by atoms with Gasteiger partial charge in [0.25, 0.3) is 5.91 Å². The van der Waals surface area contributed by atoms with E-state index < -0.39 is 23.5 Å². The van der Waals surface area contributed by atoms with Crippen molar-refractivity contribution in [3.63, 3.8) is 0 Å². The van der Waals surface area contributed by atoms with Gasteiger partial charge in [0, 0.05) is 23.5 Å². The average Bonchev–Trinajstić information content (AvgIpc) is 3.02. The standard InChI is InChI=1S/C20H21N3O4/c1-11-9-14(8-7-13-10-22-16-6-4-3-5-15(13)16)27-20(26)17(11)19(25)23-12(2)18(21)24/h3-6,9-10,12,22H,7-8H2,1-2H3,(H2,21,24)(H,23,25)/t12-/m0/s1. The van der Waals surface area contributed by atoms with Crippen molar-refractivity contribution in [2.75, 3.05) is 0 Å². The summed E-state index contributed by atoms with van der Waals surface area (Å²) in [5.74, 6) is -0.848. The number of amides is 2. The highest BCUT2D eigenvalue weighted by Gasteiger charge is 2.20. The Morgan fingerprint density at radius 1 is 1.26 bits per heavy atom. The molecule has 0 unspecified atom stereocenters. The number of aromatic amines is 1. The molecule has 3 aromatic rings. The van der Waals surface area contributed by atoms with Gasteiger partial charge in [-0.2, -0.15) is 0 Å². The van der Waals surface area contributed by atoms with Crippen LogP contribution in [0.25, 0.3) is 10.9 Å². The molecule has 3 rings (SSSR count). The van der Waals surface area contributed by atoms with Crippen LogP contribution in [-0.4, -0.2) is 22.8 Å². The van der Waals surface area contributed by atoms with E-state index in [4.69, 9.17) is 10.2 Å². The van der Waals surface area contributed by atoms with Crippen molar-refractivity contribution in [2.45, 2.75) is 32.7 Å². The number of aryl methyl sites for hydroxylation is 3. The number of H-pyrrole nitrogens is 1. The Morgan fingerprint density at radius 2 is 2.00 bits per heavy atom. The fraction of sp³-hybridized carbons (Fsp3) is 0.250. The monoisotopic (exact) mass is 367 g/mol. The molecule has 0 radical (unpaired) electrons. The third kappa shape index (κ3) is 3.92. The van der Waals surface area contributed by atoms with Gasteiger partial charge >= 0.3 is 5.63 Å².